The SMILES string of the molecule is C=CC(CC)(CCCc1ccc(F)c(Nc2ccc(F)cc2)c1)c1ccc(OCC)cc1. The van der Waals surface area contributed by atoms with Gasteiger partial charge >= 0.3 is 0 Å². The number of hydrogen-bond donors (Lipinski definition) is 1. The lowest BCUT2D eigenvalue weighted by Crippen LogP contribution is -2.22. The van der Waals surface area contributed by atoms with Gasteiger partial charge in [-0.3, -0.25) is 0 Å². The predicted octanol–water partition coefficient (Wildman–Crippen LogP) is 7.96. The Bertz CT molecular complexity index is 1010. The minimum atomic E-state index is -0.332. The Balaban J connectivity index is 1.68. The van der Waals surface area contributed by atoms with Gasteiger partial charge in [-0.2, -0.15) is 0 Å². The van der Waals surface area contributed by atoms with Gasteiger partial charge in [-0.05, 0) is 92.3 Å². The van der Waals surface area contributed by atoms with Gasteiger partial charge in [0, 0.05) is 11.1 Å². The lowest BCUT2D eigenvalue weighted by molar-refractivity contribution is 0.339. The highest BCUT2D eigenvalue weighted by atomic mass is 19.1. The smallest absolute Gasteiger partial charge is 0.146 e. The molecule has 0 aliphatic heterocycles. The molecule has 168 valence electrons. The van der Waals surface area contributed by atoms with Gasteiger partial charge in [0.1, 0.15) is 17.4 Å². The monoisotopic (exact) mass is 435 g/mol. The van der Waals surface area contributed by atoms with Crippen LogP contribution in [-0.4, -0.2) is 6.61 Å². The molecule has 0 aromatic heterocycles. The average molecular weight is 436 g/mol. The maximum absolute atomic E-state index is 14.3. The van der Waals surface area contributed by atoms with Gasteiger partial charge < -0.3 is 10.1 Å². The van der Waals surface area contributed by atoms with Crippen molar-refractivity contribution in [3.05, 3.63) is 102 Å². The molecule has 0 heterocycles. The molecular formula is C28H31F2NO. The van der Waals surface area contributed by atoms with Crippen LogP contribution in [0.25, 0.3) is 0 Å². The van der Waals surface area contributed by atoms with Crippen LogP contribution in [0.3, 0.4) is 0 Å². The van der Waals surface area contributed by atoms with Crippen molar-refractivity contribution in [3.63, 3.8) is 0 Å². The normalized spacial score (nSPS) is 12.8. The minimum absolute atomic E-state index is 0.111. The van der Waals surface area contributed by atoms with Crippen molar-refractivity contribution in [1.29, 1.82) is 0 Å². The molecule has 3 aromatic rings. The Labute approximate surface area is 189 Å². The number of aryl methyl sites for hydroxylation is 1. The highest BCUT2D eigenvalue weighted by Gasteiger charge is 2.26. The van der Waals surface area contributed by atoms with Crippen LogP contribution in [0.15, 0.2) is 79.4 Å². The molecule has 32 heavy (non-hydrogen) atoms. The molecule has 0 spiro atoms. The molecule has 2 nitrogen and oxygen atoms in total. The van der Waals surface area contributed by atoms with Gasteiger partial charge in [-0.15, -0.1) is 6.58 Å². The largest absolute Gasteiger partial charge is 0.494 e. The van der Waals surface area contributed by atoms with E-state index in [4.69, 9.17) is 4.74 Å². The molecule has 1 unspecified atom stereocenters. The standard InChI is InChI=1S/C28H31F2NO/c1-4-28(5-2,22-10-16-25(17-11-22)32-6-3)19-7-8-21-9-18-26(30)27(20-21)31-24-14-12-23(29)13-15-24/h4,9-18,20,31H,1,5-8,19H2,2-3H3. The Morgan fingerprint density at radius 3 is 2.31 bits per heavy atom. The number of anilines is 2. The average Bonchev–Trinajstić information content (AvgIpc) is 2.81. The molecule has 0 bridgehead atoms. The third-order valence-electron chi connectivity index (χ3n) is 6.00. The second-order valence-corrected chi connectivity index (χ2v) is 7.97. The molecule has 1 atom stereocenters. The van der Waals surface area contributed by atoms with Gasteiger partial charge in [0.15, 0.2) is 0 Å². The summed E-state index contributed by atoms with van der Waals surface area (Å²) in [6, 6.07) is 19.3. The van der Waals surface area contributed by atoms with Crippen LogP contribution in [0.2, 0.25) is 0 Å². The van der Waals surface area contributed by atoms with Crippen molar-refractivity contribution < 1.29 is 13.5 Å². The van der Waals surface area contributed by atoms with E-state index in [0.29, 0.717) is 18.0 Å². The third-order valence-corrected chi connectivity index (χ3v) is 6.00. The van der Waals surface area contributed by atoms with Crippen LogP contribution >= 0.6 is 0 Å². The zero-order valence-corrected chi connectivity index (χ0v) is 18.8. The van der Waals surface area contributed by atoms with E-state index in [9.17, 15) is 8.78 Å². The number of nitrogens with one attached hydrogen (secondary N) is 1. The second kappa shape index (κ2) is 10.9. The summed E-state index contributed by atoms with van der Waals surface area (Å²) in [5.41, 5.74) is 3.22. The summed E-state index contributed by atoms with van der Waals surface area (Å²) in [4.78, 5) is 0. The van der Waals surface area contributed by atoms with E-state index >= 15 is 0 Å². The minimum Gasteiger partial charge on any atom is -0.494 e. The first-order valence-electron chi connectivity index (χ1n) is 11.2. The van der Waals surface area contributed by atoms with E-state index in [1.165, 1.54) is 23.8 Å². The molecule has 3 aromatic carbocycles. The molecule has 0 fully saturated rings. The lowest BCUT2D eigenvalue weighted by Gasteiger charge is -2.30. The van der Waals surface area contributed by atoms with Gasteiger partial charge in [-0.1, -0.05) is 31.2 Å². The van der Waals surface area contributed by atoms with Crippen molar-refractivity contribution in [3.8, 4) is 5.75 Å². The predicted molar refractivity (Wildman–Crippen MR) is 129 cm³/mol. The van der Waals surface area contributed by atoms with Gasteiger partial charge in [0.2, 0.25) is 0 Å². The lowest BCUT2D eigenvalue weighted by atomic mass is 9.74. The van der Waals surface area contributed by atoms with Crippen molar-refractivity contribution in [1.82, 2.24) is 0 Å². The molecule has 1 N–H and O–H groups in total. The molecule has 0 aliphatic rings. The Morgan fingerprint density at radius 2 is 1.69 bits per heavy atom. The summed E-state index contributed by atoms with van der Waals surface area (Å²) in [5.74, 6) is 0.221. The fourth-order valence-corrected chi connectivity index (χ4v) is 4.06. The molecule has 0 saturated heterocycles. The summed E-state index contributed by atoms with van der Waals surface area (Å²) in [6.07, 6.45) is 5.71. The van der Waals surface area contributed by atoms with Crippen LogP contribution in [-0.2, 0) is 11.8 Å². The molecule has 0 radical (unpaired) electrons. The van der Waals surface area contributed by atoms with Crippen LogP contribution < -0.4 is 10.1 Å². The van der Waals surface area contributed by atoms with Crippen LogP contribution in [0, 0.1) is 11.6 Å². The summed E-state index contributed by atoms with van der Waals surface area (Å²) in [6.45, 7) is 8.93. The molecule has 3 rings (SSSR count). The number of hydrogen-bond acceptors (Lipinski definition) is 2. The molecule has 0 aliphatic carbocycles. The van der Waals surface area contributed by atoms with E-state index < -0.39 is 0 Å². The fraction of sp³-hybridized carbons (Fsp3) is 0.286. The number of ether oxygens (including phenoxy) is 1. The zero-order chi connectivity index (χ0) is 23.0. The van der Waals surface area contributed by atoms with Gasteiger partial charge in [0.25, 0.3) is 0 Å². The van der Waals surface area contributed by atoms with Crippen LogP contribution in [0.4, 0.5) is 20.2 Å². The quantitative estimate of drug-likeness (QED) is 0.308. The molecular weight excluding hydrogens is 404 g/mol. The first-order valence-corrected chi connectivity index (χ1v) is 11.2. The summed E-state index contributed by atoms with van der Waals surface area (Å²) in [7, 11) is 0. The van der Waals surface area contributed by atoms with Crippen LogP contribution in [0.1, 0.15) is 44.2 Å². The molecule has 0 saturated carbocycles. The number of benzene rings is 3. The topological polar surface area (TPSA) is 21.3 Å². The number of rotatable bonds is 11. The van der Waals surface area contributed by atoms with E-state index in [2.05, 4.69) is 37.0 Å². The summed E-state index contributed by atoms with van der Waals surface area (Å²) in [5, 5.41) is 3.04. The van der Waals surface area contributed by atoms with Gasteiger partial charge in [0.05, 0.1) is 12.3 Å². The van der Waals surface area contributed by atoms with Gasteiger partial charge in [-0.25, -0.2) is 8.78 Å². The second-order valence-electron chi connectivity index (χ2n) is 7.97. The molecule has 0 amide bonds. The van der Waals surface area contributed by atoms with Crippen molar-refractivity contribution in [2.45, 2.75) is 44.9 Å². The van der Waals surface area contributed by atoms with Crippen molar-refractivity contribution in [2.75, 3.05) is 11.9 Å². The number of halogens is 2. The van der Waals surface area contributed by atoms with E-state index in [-0.39, 0.29) is 17.0 Å². The van der Waals surface area contributed by atoms with E-state index in [1.807, 2.05) is 31.2 Å². The highest BCUT2D eigenvalue weighted by molar-refractivity contribution is 5.60. The maximum atomic E-state index is 14.3. The first-order chi connectivity index (χ1) is 15.5. The van der Waals surface area contributed by atoms with E-state index in [0.717, 1.165) is 37.0 Å². The molecule has 4 heteroatoms. The zero-order valence-electron chi connectivity index (χ0n) is 18.8. The van der Waals surface area contributed by atoms with Crippen LogP contribution in [0.5, 0.6) is 5.75 Å². The van der Waals surface area contributed by atoms with Crippen molar-refractivity contribution >= 4 is 11.4 Å². The maximum Gasteiger partial charge on any atom is 0.146 e. The van der Waals surface area contributed by atoms with E-state index in [1.54, 1.807) is 12.1 Å². The number of allylic oxidation sites excluding steroid dienone is 1. The summed E-state index contributed by atoms with van der Waals surface area (Å²) < 4.78 is 33.0. The Hall–Kier alpha value is -3.14. The Kier molecular flexibility index (Phi) is 8.04. The fourth-order valence-electron chi connectivity index (χ4n) is 4.06. The summed E-state index contributed by atoms with van der Waals surface area (Å²) >= 11 is 0. The first kappa shape index (κ1) is 23.5. The highest BCUT2D eigenvalue weighted by Crippen LogP contribution is 2.36. The third kappa shape index (κ3) is 5.76. The Morgan fingerprint density at radius 1 is 0.969 bits per heavy atom. The van der Waals surface area contributed by atoms with Crippen molar-refractivity contribution in [2.24, 2.45) is 0 Å².